The minimum atomic E-state index is 0.0709. The first-order chi connectivity index (χ1) is 8.63. The van der Waals surface area contributed by atoms with Gasteiger partial charge in [0.05, 0.1) is 6.10 Å². The van der Waals surface area contributed by atoms with Gasteiger partial charge in [-0.2, -0.15) is 0 Å². The Balaban J connectivity index is 2.21. The van der Waals surface area contributed by atoms with Gasteiger partial charge in [0.1, 0.15) is 0 Å². The summed E-state index contributed by atoms with van der Waals surface area (Å²) in [6.45, 7) is 6.36. The molecule has 1 aromatic carbocycles. The molecule has 3 atom stereocenters. The van der Waals surface area contributed by atoms with Crippen molar-refractivity contribution < 1.29 is 4.74 Å². The molecule has 0 spiro atoms. The number of hydrogen-bond donors (Lipinski definition) is 1. The van der Waals surface area contributed by atoms with Crippen LogP contribution in [0, 0.1) is 5.92 Å². The van der Waals surface area contributed by atoms with Gasteiger partial charge in [0.25, 0.3) is 0 Å². The van der Waals surface area contributed by atoms with Crippen LogP contribution in [-0.2, 0) is 4.74 Å². The van der Waals surface area contributed by atoms with Crippen molar-refractivity contribution in [2.24, 2.45) is 11.7 Å². The fourth-order valence-electron chi connectivity index (χ4n) is 2.72. The maximum absolute atomic E-state index is 6.06. The van der Waals surface area contributed by atoms with Crippen LogP contribution in [0.3, 0.4) is 0 Å². The summed E-state index contributed by atoms with van der Waals surface area (Å²) in [5, 5.41) is 0. The second-order valence-corrected chi connectivity index (χ2v) is 5.33. The van der Waals surface area contributed by atoms with Gasteiger partial charge in [-0.3, -0.25) is 0 Å². The lowest BCUT2D eigenvalue weighted by molar-refractivity contribution is 0.0498. The van der Waals surface area contributed by atoms with E-state index in [0.29, 0.717) is 12.0 Å². The summed E-state index contributed by atoms with van der Waals surface area (Å²) in [4.78, 5) is 2.41. The van der Waals surface area contributed by atoms with Crippen LogP contribution in [0.4, 0.5) is 5.69 Å². The van der Waals surface area contributed by atoms with Crippen molar-refractivity contribution in [2.75, 3.05) is 25.1 Å². The summed E-state index contributed by atoms with van der Waals surface area (Å²) in [7, 11) is 1.81. The Morgan fingerprint density at radius 3 is 2.78 bits per heavy atom. The molecule has 0 aliphatic carbocycles. The average Bonchev–Trinajstić information content (AvgIpc) is 2.39. The highest BCUT2D eigenvalue weighted by Gasteiger charge is 2.27. The second kappa shape index (κ2) is 5.72. The molecule has 1 aliphatic rings. The van der Waals surface area contributed by atoms with Crippen LogP contribution < -0.4 is 10.6 Å². The van der Waals surface area contributed by atoms with E-state index in [0.717, 1.165) is 13.1 Å². The Morgan fingerprint density at radius 1 is 1.39 bits per heavy atom. The Bertz CT molecular complexity index is 392. The summed E-state index contributed by atoms with van der Waals surface area (Å²) >= 11 is 0. The highest BCUT2D eigenvalue weighted by atomic mass is 16.5. The maximum atomic E-state index is 6.06. The van der Waals surface area contributed by atoms with Crippen LogP contribution in [0.2, 0.25) is 0 Å². The van der Waals surface area contributed by atoms with Gasteiger partial charge < -0.3 is 15.4 Å². The van der Waals surface area contributed by atoms with Crippen molar-refractivity contribution in [1.82, 2.24) is 0 Å². The Morgan fingerprint density at radius 2 is 2.11 bits per heavy atom. The summed E-state index contributed by atoms with van der Waals surface area (Å²) in [5.41, 5.74) is 8.55. The largest absolute Gasteiger partial charge is 0.379 e. The topological polar surface area (TPSA) is 38.5 Å². The van der Waals surface area contributed by atoms with E-state index in [2.05, 4.69) is 36.1 Å². The van der Waals surface area contributed by atoms with E-state index in [-0.39, 0.29) is 6.04 Å². The van der Waals surface area contributed by atoms with E-state index in [1.54, 1.807) is 0 Å². The number of rotatable bonds is 3. The molecule has 0 radical (unpaired) electrons. The fourth-order valence-corrected chi connectivity index (χ4v) is 2.72. The molecule has 3 heteroatoms. The zero-order valence-electron chi connectivity index (χ0n) is 11.6. The average molecular weight is 248 g/mol. The molecule has 1 aromatic rings. The van der Waals surface area contributed by atoms with Crippen molar-refractivity contribution in [3.05, 3.63) is 29.8 Å². The highest BCUT2D eigenvalue weighted by molar-refractivity contribution is 5.55. The first-order valence-corrected chi connectivity index (χ1v) is 6.75. The van der Waals surface area contributed by atoms with E-state index in [1.165, 1.54) is 17.7 Å². The predicted octanol–water partition coefficient (Wildman–Crippen LogP) is 2.57. The minimum absolute atomic E-state index is 0.0709. The van der Waals surface area contributed by atoms with E-state index >= 15 is 0 Å². The summed E-state index contributed by atoms with van der Waals surface area (Å²) in [6.07, 6.45) is 1.49. The third kappa shape index (κ3) is 2.68. The molecule has 18 heavy (non-hydrogen) atoms. The first kappa shape index (κ1) is 13.4. The molecule has 1 fully saturated rings. The van der Waals surface area contributed by atoms with Crippen molar-refractivity contribution in [3.63, 3.8) is 0 Å². The zero-order chi connectivity index (χ0) is 13.1. The molecule has 0 bridgehead atoms. The van der Waals surface area contributed by atoms with E-state index < -0.39 is 0 Å². The van der Waals surface area contributed by atoms with Gasteiger partial charge in [0.15, 0.2) is 0 Å². The number of nitrogens with zero attached hydrogens (tertiary/aromatic N) is 1. The number of hydrogen-bond acceptors (Lipinski definition) is 3. The SMILES string of the molecule is COC1CN(c2ccccc2[C@@H](C)N)CCC1C. The van der Waals surface area contributed by atoms with Crippen molar-refractivity contribution >= 4 is 5.69 Å². The summed E-state index contributed by atoms with van der Waals surface area (Å²) < 4.78 is 5.58. The quantitative estimate of drug-likeness (QED) is 0.893. The smallest absolute Gasteiger partial charge is 0.0772 e. The van der Waals surface area contributed by atoms with Crippen LogP contribution in [-0.4, -0.2) is 26.3 Å². The Kier molecular flexibility index (Phi) is 4.25. The highest BCUT2D eigenvalue weighted by Crippen LogP contribution is 2.29. The van der Waals surface area contributed by atoms with Crippen LogP contribution in [0.5, 0.6) is 0 Å². The van der Waals surface area contributed by atoms with E-state index in [9.17, 15) is 0 Å². The van der Waals surface area contributed by atoms with Gasteiger partial charge in [-0.15, -0.1) is 0 Å². The van der Waals surface area contributed by atoms with Crippen LogP contribution in [0.1, 0.15) is 31.9 Å². The summed E-state index contributed by atoms with van der Waals surface area (Å²) in [6, 6.07) is 8.51. The van der Waals surface area contributed by atoms with Gasteiger partial charge in [0.2, 0.25) is 0 Å². The van der Waals surface area contributed by atoms with Crippen molar-refractivity contribution in [3.8, 4) is 0 Å². The van der Waals surface area contributed by atoms with Gasteiger partial charge in [0, 0.05) is 31.9 Å². The van der Waals surface area contributed by atoms with Crippen molar-refractivity contribution in [2.45, 2.75) is 32.4 Å². The van der Waals surface area contributed by atoms with Crippen LogP contribution >= 0.6 is 0 Å². The lowest BCUT2D eigenvalue weighted by atomic mass is 9.94. The standard InChI is InChI=1S/C15H24N2O/c1-11-8-9-17(10-15(11)18-3)14-7-5-4-6-13(14)12(2)16/h4-7,11-12,15H,8-10,16H2,1-3H3/t11?,12-,15?/m1/s1. The zero-order valence-corrected chi connectivity index (χ0v) is 11.6. The molecule has 100 valence electrons. The third-order valence-corrected chi connectivity index (χ3v) is 3.96. The van der Waals surface area contributed by atoms with Crippen LogP contribution in [0.25, 0.3) is 0 Å². The minimum Gasteiger partial charge on any atom is -0.379 e. The number of ether oxygens (including phenoxy) is 1. The van der Waals surface area contributed by atoms with Gasteiger partial charge in [-0.1, -0.05) is 25.1 Å². The number of methoxy groups -OCH3 is 1. The molecule has 2 N–H and O–H groups in total. The monoisotopic (exact) mass is 248 g/mol. The molecule has 0 saturated carbocycles. The van der Waals surface area contributed by atoms with Crippen LogP contribution in [0.15, 0.2) is 24.3 Å². The Labute approximate surface area is 110 Å². The molecule has 1 heterocycles. The predicted molar refractivity (Wildman–Crippen MR) is 75.8 cm³/mol. The maximum Gasteiger partial charge on any atom is 0.0772 e. The number of nitrogens with two attached hydrogens (primary N) is 1. The molecule has 1 aliphatic heterocycles. The molecule has 2 rings (SSSR count). The second-order valence-electron chi connectivity index (χ2n) is 5.33. The fraction of sp³-hybridized carbons (Fsp3) is 0.600. The number of para-hydroxylation sites is 1. The number of piperidine rings is 1. The molecule has 1 saturated heterocycles. The number of benzene rings is 1. The van der Waals surface area contributed by atoms with Gasteiger partial charge >= 0.3 is 0 Å². The van der Waals surface area contributed by atoms with Crippen molar-refractivity contribution in [1.29, 1.82) is 0 Å². The molecule has 0 amide bonds. The molecular formula is C15H24N2O. The molecule has 2 unspecified atom stereocenters. The third-order valence-electron chi connectivity index (χ3n) is 3.96. The van der Waals surface area contributed by atoms with Gasteiger partial charge in [-0.25, -0.2) is 0 Å². The Hall–Kier alpha value is -1.06. The lowest BCUT2D eigenvalue weighted by Crippen LogP contribution is -2.44. The van der Waals surface area contributed by atoms with E-state index in [4.69, 9.17) is 10.5 Å². The number of anilines is 1. The summed E-state index contributed by atoms with van der Waals surface area (Å²) in [5.74, 6) is 0.633. The lowest BCUT2D eigenvalue weighted by Gasteiger charge is -2.38. The molecular weight excluding hydrogens is 224 g/mol. The van der Waals surface area contributed by atoms with Gasteiger partial charge in [-0.05, 0) is 30.9 Å². The first-order valence-electron chi connectivity index (χ1n) is 6.75. The normalized spacial score (nSPS) is 26.1. The molecule has 3 nitrogen and oxygen atoms in total. The van der Waals surface area contributed by atoms with E-state index in [1.807, 2.05) is 14.0 Å². The molecule has 0 aromatic heterocycles.